The summed E-state index contributed by atoms with van der Waals surface area (Å²) in [5, 5.41) is 30.5. The second-order valence-electron chi connectivity index (χ2n) is 2.94. The number of imidazole rings is 1. The molecule has 2 rings (SSSR count). The van der Waals surface area contributed by atoms with E-state index in [0.717, 1.165) is 0 Å². The van der Waals surface area contributed by atoms with Crippen LogP contribution in [-0.2, 0) is 0 Å². The van der Waals surface area contributed by atoms with E-state index in [0.29, 0.717) is 11.3 Å². The maximum absolute atomic E-state index is 9.33. The highest BCUT2D eigenvalue weighted by Gasteiger charge is 2.16. The molecule has 0 aliphatic heterocycles. The SMILES string of the molecule is C=CCNc1nc(O)nc2c1nc(O)n2O. The van der Waals surface area contributed by atoms with Gasteiger partial charge < -0.3 is 20.7 Å². The predicted octanol–water partition coefficient (Wildman–Crippen LogP) is 0.0727. The van der Waals surface area contributed by atoms with Gasteiger partial charge in [-0.3, -0.25) is 0 Å². The molecule has 0 fully saturated rings. The van der Waals surface area contributed by atoms with Crippen LogP contribution in [0.3, 0.4) is 0 Å². The Morgan fingerprint density at radius 3 is 2.75 bits per heavy atom. The molecule has 8 heteroatoms. The Kier molecular flexibility index (Phi) is 2.24. The molecule has 8 nitrogen and oxygen atoms in total. The van der Waals surface area contributed by atoms with E-state index < -0.39 is 12.0 Å². The van der Waals surface area contributed by atoms with Crippen LogP contribution in [0.5, 0.6) is 12.0 Å². The van der Waals surface area contributed by atoms with Gasteiger partial charge in [-0.25, -0.2) is 0 Å². The fourth-order valence-electron chi connectivity index (χ4n) is 1.22. The summed E-state index contributed by atoms with van der Waals surface area (Å²) in [5.74, 6) is 0.200. The highest BCUT2D eigenvalue weighted by atomic mass is 16.5. The van der Waals surface area contributed by atoms with E-state index in [1.165, 1.54) is 0 Å². The number of hydrogen-bond acceptors (Lipinski definition) is 7. The van der Waals surface area contributed by atoms with Gasteiger partial charge in [-0.05, 0) is 0 Å². The van der Waals surface area contributed by atoms with E-state index >= 15 is 0 Å². The molecule has 0 atom stereocenters. The number of fused-ring (bicyclic) bond motifs is 1. The summed E-state index contributed by atoms with van der Waals surface area (Å²) in [6, 6.07) is -1.16. The number of anilines is 1. The van der Waals surface area contributed by atoms with Crippen molar-refractivity contribution in [3.8, 4) is 12.0 Å². The van der Waals surface area contributed by atoms with Crippen molar-refractivity contribution in [1.82, 2.24) is 19.7 Å². The van der Waals surface area contributed by atoms with Crippen molar-refractivity contribution in [2.75, 3.05) is 11.9 Å². The minimum Gasteiger partial charge on any atom is -0.479 e. The molecule has 0 aliphatic carbocycles. The molecule has 0 aromatic carbocycles. The molecule has 0 saturated carbocycles. The molecular formula is C8H9N5O3. The number of nitrogens with one attached hydrogen (secondary N) is 1. The maximum atomic E-state index is 9.33. The van der Waals surface area contributed by atoms with E-state index in [2.05, 4.69) is 26.8 Å². The third kappa shape index (κ3) is 1.45. The van der Waals surface area contributed by atoms with E-state index in [-0.39, 0.29) is 17.0 Å². The van der Waals surface area contributed by atoms with Crippen molar-refractivity contribution in [2.45, 2.75) is 0 Å². The fourth-order valence-corrected chi connectivity index (χ4v) is 1.22. The Hall–Kier alpha value is -2.51. The number of aromatic hydroxyl groups is 2. The lowest BCUT2D eigenvalue weighted by Crippen LogP contribution is -2.02. The molecule has 0 spiro atoms. The summed E-state index contributed by atoms with van der Waals surface area (Å²) >= 11 is 0. The van der Waals surface area contributed by atoms with Crippen LogP contribution in [0.25, 0.3) is 11.2 Å². The van der Waals surface area contributed by atoms with Gasteiger partial charge in [0.2, 0.25) is 5.65 Å². The van der Waals surface area contributed by atoms with E-state index in [1.807, 2.05) is 0 Å². The van der Waals surface area contributed by atoms with Gasteiger partial charge in [-0.1, -0.05) is 6.08 Å². The van der Waals surface area contributed by atoms with Crippen molar-refractivity contribution in [1.29, 1.82) is 0 Å². The maximum Gasteiger partial charge on any atom is 0.330 e. The fraction of sp³-hybridized carbons (Fsp3) is 0.125. The monoisotopic (exact) mass is 223 g/mol. The van der Waals surface area contributed by atoms with Crippen LogP contribution < -0.4 is 5.32 Å². The Labute approximate surface area is 89.5 Å². The number of hydrogen-bond donors (Lipinski definition) is 4. The Morgan fingerprint density at radius 1 is 1.31 bits per heavy atom. The molecule has 0 unspecified atom stereocenters. The molecule has 2 aromatic rings. The zero-order valence-electron chi connectivity index (χ0n) is 8.12. The molecule has 2 heterocycles. The first-order valence-corrected chi connectivity index (χ1v) is 4.36. The average Bonchev–Trinajstić information content (AvgIpc) is 2.53. The van der Waals surface area contributed by atoms with Gasteiger partial charge in [0.25, 0.3) is 0 Å². The zero-order chi connectivity index (χ0) is 11.7. The molecule has 0 amide bonds. The van der Waals surface area contributed by atoms with Gasteiger partial charge in [0, 0.05) is 6.54 Å². The van der Waals surface area contributed by atoms with E-state index in [9.17, 15) is 15.4 Å². The lowest BCUT2D eigenvalue weighted by atomic mass is 10.4. The van der Waals surface area contributed by atoms with E-state index in [4.69, 9.17) is 0 Å². The molecule has 2 aromatic heterocycles. The topological polar surface area (TPSA) is 116 Å². The van der Waals surface area contributed by atoms with Crippen LogP contribution in [0.15, 0.2) is 12.7 Å². The van der Waals surface area contributed by atoms with Crippen LogP contribution in [0.1, 0.15) is 0 Å². The predicted molar refractivity (Wildman–Crippen MR) is 54.5 cm³/mol. The van der Waals surface area contributed by atoms with Crippen LogP contribution in [0.2, 0.25) is 0 Å². The third-order valence-electron chi connectivity index (χ3n) is 1.87. The number of aromatic nitrogens is 4. The summed E-state index contributed by atoms with van der Waals surface area (Å²) in [6.45, 7) is 3.90. The lowest BCUT2D eigenvalue weighted by molar-refractivity contribution is 0.160. The van der Waals surface area contributed by atoms with Crippen LogP contribution in [-0.4, -0.2) is 41.6 Å². The molecule has 0 bridgehead atoms. The summed E-state index contributed by atoms with van der Waals surface area (Å²) in [6.07, 6.45) is 1.58. The number of nitrogens with zero attached hydrogens (tertiary/aromatic N) is 4. The molecule has 4 N–H and O–H groups in total. The van der Waals surface area contributed by atoms with Gasteiger partial charge in [0.15, 0.2) is 11.3 Å². The van der Waals surface area contributed by atoms with Crippen molar-refractivity contribution >= 4 is 17.0 Å². The Bertz CT molecular complexity index is 550. The van der Waals surface area contributed by atoms with Crippen molar-refractivity contribution in [3.63, 3.8) is 0 Å². The van der Waals surface area contributed by atoms with Crippen LogP contribution >= 0.6 is 0 Å². The molecule has 0 radical (unpaired) electrons. The summed E-state index contributed by atoms with van der Waals surface area (Å²) in [4.78, 5) is 10.9. The first kappa shape index (κ1) is 10.0. The minimum atomic E-state index is -0.628. The van der Waals surface area contributed by atoms with Gasteiger partial charge in [-0.15, -0.1) is 11.3 Å². The van der Waals surface area contributed by atoms with Crippen molar-refractivity contribution < 1.29 is 15.4 Å². The third-order valence-corrected chi connectivity index (χ3v) is 1.87. The lowest BCUT2D eigenvalue weighted by Gasteiger charge is -2.02. The summed E-state index contributed by atoms with van der Waals surface area (Å²) < 4.78 is 0.357. The van der Waals surface area contributed by atoms with Crippen molar-refractivity contribution in [3.05, 3.63) is 12.7 Å². The molecule has 16 heavy (non-hydrogen) atoms. The second-order valence-corrected chi connectivity index (χ2v) is 2.94. The normalized spacial score (nSPS) is 10.5. The minimum absolute atomic E-state index is 0.0865. The first-order valence-electron chi connectivity index (χ1n) is 4.36. The molecule has 0 saturated heterocycles. The van der Waals surface area contributed by atoms with Gasteiger partial charge in [0.1, 0.15) is 0 Å². The quantitative estimate of drug-likeness (QED) is 0.429. The van der Waals surface area contributed by atoms with Gasteiger partial charge >= 0.3 is 12.0 Å². The Morgan fingerprint density at radius 2 is 2.06 bits per heavy atom. The van der Waals surface area contributed by atoms with Gasteiger partial charge in [-0.2, -0.15) is 15.0 Å². The summed E-state index contributed by atoms with van der Waals surface area (Å²) in [7, 11) is 0. The smallest absolute Gasteiger partial charge is 0.330 e. The van der Waals surface area contributed by atoms with Gasteiger partial charge in [0.05, 0.1) is 0 Å². The van der Waals surface area contributed by atoms with E-state index in [1.54, 1.807) is 6.08 Å². The molecule has 84 valence electrons. The Balaban J connectivity index is 2.63. The molecular weight excluding hydrogens is 214 g/mol. The standard InChI is InChI=1S/C8H9N5O3/c1-2-3-9-5-4-6(12-7(14)11-5)13(16)8(15)10-4/h2,16H,1,3H2,(H,10,15)(H2,9,11,12,14). The largest absolute Gasteiger partial charge is 0.479 e. The first-order chi connectivity index (χ1) is 7.63. The van der Waals surface area contributed by atoms with Crippen LogP contribution in [0.4, 0.5) is 5.82 Å². The highest BCUT2D eigenvalue weighted by molar-refractivity contribution is 5.84. The molecule has 0 aliphatic rings. The van der Waals surface area contributed by atoms with Crippen molar-refractivity contribution in [2.24, 2.45) is 0 Å². The average molecular weight is 223 g/mol. The summed E-state index contributed by atoms with van der Waals surface area (Å²) in [5.41, 5.74) is 0.0659. The zero-order valence-corrected chi connectivity index (χ0v) is 8.12. The van der Waals surface area contributed by atoms with Crippen LogP contribution in [0, 0.1) is 0 Å². The second kappa shape index (κ2) is 3.57. The number of rotatable bonds is 3. The highest BCUT2D eigenvalue weighted by Crippen LogP contribution is 2.24.